The van der Waals surface area contributed by atoms with E-state index in [1.54, 1.807) is 0 Å². The molecule has 0 spiro atoms. The van der Waals surface area contributed by atoms with E-state index >= 15 is 0 Å². The van der Waals surface area contributed by atoms with Crippen molar-refractivity contribution in [3.05, 3.63) is 60.2 Å². The van der Waals surface area contributed by atoms with Gasteiger partial charge in [0, 0.05) is 23.1 Å². The van der Waals surface area contributed by atoms with Crippen LogP contribution in [0.4, 0.5) is 11.5 Å². The lowest BCUT2D eigenvalue weighted by Crippen LogP contribution is -2.17. The minimum atomic E-state index is 0.700. The zero-order valence-corrected chi connectivity index (χ0v) is 11.3. The van der Waals surface area contributed by atoms with Gasteiger partial charge >= 0.3 is 0 Å². The average molecular weight is 261 g/mol. The molecule has 0 atom stereocenters. The largest absolute Gasteiger partial charge is 0.340 e. The highest BCUT2D eigenvalue weighted by Crippen LogP contribution is 2.32. The second-order valence-electron chi connectivity index (χ2n) is 4.59. The molecular weight excluding hydrogens is 246 g/mol. The van der Waals surface area contributed by atoms with Gasteiger partial charge in [-0.15, -0.1) is 0 Å². The van der Waals surface area contributed by atoms with Crippen molar-refractivity contribution < 1.29 is 0 Å². The van der Waals surface area contributed by atoms with Crippen LogP contribution in [-0.2, 0) is 0 Å². The summed E-state index contributed by atoms with van der Waals surface area (Å²) in [4.78, 5) is 5.49. The molecule has 3 nitrogen and oxygen atoms in total. The zero-order valence-electron chi connectivity index (χ0n) is 11.3. The number of para-hydroxylation sites is 2. The first kappa shape index (κ1) is 12.3. The van der Waals surface area contributed by atoms with Gasteiger partial charge in [0.25, 0.3) is 0 Å². The topological polar surface area (TPSA) is 42.8 Å². The summed E-state index contributed by atoms with van der Waals surface area (Å²) in [5.74, 6) is 0.863. The monoisotopic (exact) mass is 261 g/mol. The molecule has 0 fully saturated rings. The fraction of sp³-hybridized carbons (Fsp3) is 0.118. The van der Waals surface area contributed by atoms with Crippen LogP contribution in [0.2, 0.25) is 0 Å². The van der Waals surface area contributed by atoms with E-state index in [4.69, 9.17) is 0 Å². The summed E-state index contributed by atoms with van der Waals surface area (Å²) < 4.78 is 0. The highest BCUT2D eigenvalue weighted by molar-refractivity contribution is 5.93. The summed E-state index contributed by atoms with van der Waals surface area (Å²) in [5, 5.41) is 10.5. The predicted octanol–water partition coefficient (Wildman–Crippen LogP) is 4.20. The molecule has 0 amide bonds. The SMILES string of the molecule is CCN(c1ccccc1)c1[nH]c2ccccc2c1C#N. The molecule has 1 aromatic heterocycles. The van der Waals surface area contributed by atoms with Gasteiger partial charge in [-0.05, 0) is 25.1 Å². The van der Waals surface area contributed by atoms with Crippen molar-refractivity contribution >= 4 is 22.4 Å². The number of nitrogens with zero attached hydrogens (tertiary/aromatic N) is 2. The standard InChI is InChI=1S/C17H15N3/c1-2-20(13-8-4-3-5-9-13)17-15(12-18)14-10-6-7-11-16(14)19-17/h3-11,19H,2H2,1H3. The van der Waals surface area contributed by atoms with Crippen LogP contribution in [-0.4, -0.2) is 11.5 Å². The fourth-order valence-corrected chi connectivity index (χ4v) is 2.52. The summed E-state index contributed by atoms with van der Waals surface area (Å²) in [6, 6.07) is 20.4. The maximum Gasteiger partial charge on any atom is 0.129 e. The number of nitrogens with one attached hydrogen (secondary N) is 1. The summed E-state index contributed by atoms with van der Waals surface area (Å²) in [6.45, 7) is 2.88. The summed E-state index contributed by atoms with van der Waals surface area (Å²) in [7, 11) is 0. The minimum Gasteiger partial charge on any atom is -0.340 e. The van der Waals surface area contributed by atoms with Crippen LogP contribution in [0.15, 0.2) is 54.6 Å². The molecule has 0 saturated carbocycles. The predicted molar refractivity (Wildman–Crippen MR) is 82.1 cm³/mol. The number of rotatable bonds is 3. The van der Waals surface area contributed by atoms with Crippen molar-refractivity contribution in [3.8, 4) is 6.07 Å². The van der Waals surface area contributed by atoms with Gasteiger partial charge in [-0.3, -0.25) is 0 Å². The van der Waals surface area contributed by atoms with E-state index < -0.39 is 0 Å². The van der Waals surface area contributed by atoms with E-state index in [-0.39, 0.29) is 0 Å². The molecule has 0 aliphatic carbocycles. The number of anilines is 2. The molecule has 0 aliphatic rings. The Morgan fingerprint density at radius 2 is 1.75 bits per heavy atom. The van der Waals surface area contributed by atoms with E-state index in [0.29, 0.717) is 5.56 Å². The average Bonchev–Trinajstić information content (AvgIpc) is 2.87. The van der Waals surface area contributed by atoms with Crippen molar-refractivity contribution in [2.45, 2.75) is 6.92 Å². The van der Waals surface area contributed by atoms with Crippen molar-refractivity contribution in [1.29, 1.82) is 5.26 Å². The number of aromatic nitrogens is 1. The third kappa shape index (κ3) is 1.92. The Labute approximate surface area is 118 Å². The Kier molecular flexibility index (Phi) is 3.14. The molecule has 20 heavy (non-hydrogen) atoms. The first-order chi connectivity index (χ1) is 9.85. The molecule has 0 bridgehead atoms. The van der Waals surface area contributed by atoms with Crippen molar-refractivity contribution in [2.75, 3.05) is 11.4 Å². The van der Waals surface area contributed by atoms with Gasteiger partial charge in [0.1, 0.15) is 17.5 Å². The number of fused-ring (bicyclic) bond motifs is 1. The van der Waals surface area contributed by atoms with Crippen LogP contribution in [0.1, 0.15) is 12.5 Å². The van der Waals surface area contributed by atoms with Crippen LogP contribution >= 0.6 is 0 Å². The van der Waals surface area contributed by atoms with E-state index in [0.717, 1.165) is 29.0 Å². The van der Waals surface area contributed by atoms with Gasteiger partial charge in [-0.1, -0.05) is 36.4 Å². The normalized spacial score (nSPS) is 10.4. The number of hydrogen-bond acceptors (Lipinski definition) is 2. The van der Waals surface area contributed by atoms with Crippen molar-refractivity contribution in [1.82, 2.24) is 4.98 Å². The highest BCUT2D eigenvalue weighted by atomic mass is 15.2. The second-order valence-corrected chi connectivity index (χ2v) is 4.59. The van der Waals surface area contributed by atoms with Crippen LogP contribution < -0.4 is 4.90 Å². The van der Waals surface area contributed by atoms with E-state index in [1.165, 1.54) is 0 Å². The quantitative estimate of drug-likeness (QED) is 0.768. The first-order valence-electron chi connectivity index (χ1n) is 6.68. The Morgan fingerprint density at radius 1 is 1.05 bits per heavy atom. The lowest BCUT2D eigenvalue weighted by molar-refractivity contribution is 1.000. The van der Waals surface area contributed by atoms with Gasteiger partial charge < -0.3 is 9.88 Å². The third-order valence-electron chi connectivity index (χ3n) is 3.45. The smallest absolute Gasteiger partial charge is 0.129 e. The Hall–Kier alpha value is -2.73. The molecule has 3 heteroatoms. The highest BCUT2D eigenvalue weighted by Gasteiger charge is 2.16. The van der Waals surface area contributed by atoms with E-state index in [2.05, 4.69) is 35.0 Å². The molecule has 2 aromatic carbocycles. The summed E-state index contributed by atoms with van der Waals surface area (Å²) >= 11 is 0. The summed E-state index contributed by atoms with van der Waals surface area (Å²) in [5.41, 5.74) is 2.78. The van der Waals surface area contributed by atoms with Gasteiger partial charge in [-0.25, -0.2) is 0 Å². The number of H-pyrrole nitrogens is 1. The van der Waals surface area contributed by atoms with Gasteiger partial charge in [0.2, 0.25) is 0 Å². The molecule has 1 heterocycles. The number of benzene rings is 2. The first-order valence-corrected chi connectivity index (χ1v) is 6.68. The fourth-order valence-electron chi connectivity index (χ4n) is 2.52. The van der Waals surface area contributed by atoms with E-state index in [1.807, 2.05) is 42.5 Å². The van der Waals surface area contributed by atoms with Crippen LogP contribution in [0.25, 0.3) is 10.9 Å². The van der Waals surface area contributed by atoms with Crippen LogP contribution in [0, 0.1) is 11.3 Å². The molecule has 3 aromatic rings. The molecule has 98 valence electrons. The zero-order chi connectivity index (χ0) is 13.9. The molecule has 0 aliphatic heterocycles. The van der Waals surface area contributed by atoms with Crippen LogP contribution in [0.5, 0.6) is 0 Å². The molecule has 1 N–H and O–H groups in total. The van der Waals surface area contributed by atoms with Gasteiger partial charge in [0.15, 0.2) is 0 Å². The Morgan fingerprint density at radius 3 is 2.45 bits per heavy atom. The van der Waals surface area contributed by atoms with Gasteiger partial charge in [-0.2, -0.15) is 5.26 Å². The molecule has 3 rings (SSSR count). The third-order valence-corrected chi connectivity index (χ3v) is 3.45. The number of aromatic amines is 1. The maximum atomic E-state index is 9.50. The minimum absolute atomic E-state index is 0.700. The van der Waals surface area contributed by atoms with Crippen molar-refractivity contribution in [3.63, 3.8) is 0 Å². The summed E-state index contributed by atoms with van der Waals surface area (Å²) in [6.07, 6.45) is 0. The lowest BCUT2D eigenvalue weighted by Gasteiger charge is -2.21. The molecule has 0 unspecified atom stereocenters. The lowest BCUT2D eigenvalue weighted by atomic mass is 10.1. The van der Waals surface area contributed by atoms with E-state index in [9.17, 15) is 5.26 Å². The maximum absolute atomic E-state index is 9.50. The Bertz CT molecular complexity index is 766. The van der Waals surface area contributed by atoms with Crippen molar-refractivity contribution in [2.24, 2.45) is 0 Å². The number of hydrogen-bond donors (Lipinski definition) is 1. The molecular formula is C17H15N3. The van der Waals surface area contributed by atoms with Gasteiger partial charge in [0.05, 0.1) is 0 Å². The number of nitriles is 1. The van der Waals surface area contributed by atoms with Crippen LogP contribution in [0.3, 0.4) is 0 Å². The molecule has 0 radical (unpaired) electrons. The Balaban J connectivity index is 2.20. The second kappa shape index (κ2) is 5.10. The molecule has 0 saturated heterocycles.